The van der Waals surface area contributed by atoms with Crippen LogP contribution in [0.3, 0.4) is 0 Å². The molecule has 4 aromatic rings. The minimum atomic E-state index is -4.81. The molecule has 0 fully saturated rings. The number of carbonyl (C=O) groups excluding carboxylic acids is 2. The number of nitrogens with zero attached hydrogens (tertiary/aromatic N) is 3. The third-order valence-corrected chi connectivity index (χ3v) is 6.02. The fourth-order valence-electron chi connectivity index (χ4n) is 3.95. The monoisotopic (exact) mass is 561 g/mol. The zero-order chi connectivity index (χ0) is 28.3. The zero-order valence-electron chi connectivity index (χ0n) is 20.0. The highest BCUT2D eigenvalue weighted by Crippen LogP contribution is 2.34. The van der Waals surface area contributed by atoms with Crippen LogP contribution in [0.2, 0.25) is 5.02 Å². The number of benzene rings is 3. The van der Waals surface area contributed by atoms with Crippen molar-refractivity contribution in [2.45, 2.75) is 25.3 Å². The number of rotatable bonds is 8. The minimum absolute atomic E-state index is 0.0848. The van der Waals surface area contributed by atoms with Gasteiger partial charge in [-0.1, -0.05) is 48.0 Å². The molecule has 0 bridgehead atoms. The summed E-state index contributed by atoms with van der Waals surface area (Å²) in [7, 11) is 0. The van der Waals surface area contributed by atoms with E-state index in [1.54, 1.807) is 30.3 Å². The number of nitrogens with two attached hydrogens (primary N) is 1. The van der Waals surface area contributed by atoms with Crippen molar-refractivity contribution in [2.75, 3.05) is 0 Å². The van der Waals surface area contributed by atoms with Crippen molar-refractivity contribution in [3.63, 3.8) is 0 Å². The van der Waals surface area contributed by atoms with Crippen molar-refractivity contribution in [1.29, 1.82) is 0 Å². The lowest BCUT2D eigenvalue weighted by Gasteiger charge is -2.20. The van der Waals surface area contributed by atoms with E-state index in [0.717, 1.165) is 27.4 Å². The molecule has 0 aliphatic heterocycles. The summed E-state index contributed by atoms with van der Waals surface area (Å²) < 4.78 is 56.7. The minimum Gasteiger partial charge on any atom is -0.368 e. The molecule has 0 saturated carbocycles. The Bertz CT molecular complexity index is 1580. The van der Waals surface area contributed by atoms with Crippen molar-refractivity contribution in [1.82, 2.24) is 19.7 Å². The number of carbonyl (C=O) groups is 2. The van der Waals surface area contributed by atoms with Gasteiger partial charge in [0, 0.05) is 16.1 Å². The molecule has 1 heterocycles. The molecular formula is C26H20ClF4N5O3. The van der Waals surface area contributed by atoms with Gasteiger partial charge in [0.1, 0.15) is 18.4 Å². The van der Waals surface area contributed by atoms with Crippen LogP contribution in [0.1, 0.15) is 22.7 Å². The molecule has 3 N–H and O–H groups in total. The summed E-state index contributed by atoms with van der Waals surface area (Å²) in [6.45, 7) is -0.990. The summed E-state index contributed by atoms with van der Waals surface area (Å²) in [4.78, 5) is 38.1. The lowest BCUT2D eigenvalue weighted by molar-refractivity contribution is -0.139. The molecule has 2 amide bonds. The topological polar surface area (TPSA) is 112 Å². The Morgan fingerprint density at radius 2 is 1.64 bits per heavy atom. The Kier molecular flexibility index (Phi) is 7.86. The molecule has 1 unspecified atom stereocenters. The summed E-state index contributed by atoms with van der Waals surface area (Å²) in [6.07, 6.45) is -4.81. The average Bonchev–Trinajstić information content (AvgIpc) is 3.18. The maximum absolute atomic E-state index is 14.4. The van der Waals surface area contributed by atoms with Crippen LogP contribution >= 0.6 is 11.6 Å². The number of halogens is 5. The van der Waals surface area contributed by atoms with Crippen LogP contribution in [-0.2, 0) is 28.9 Å². The lowest BCUT2D eigenvalue weighted by Crippen LogP contribution is -2.41. The van der Waals surface area contributed by atoms with Crippen LogP contribution in [0.25, 0.3) is 11.4 Å². The molecule has 0 aliphatic rings. The third kappa shape index (κ3) is 6.17. The number of nitrogens with one attached hydrogen (secondary N) is 1. The summed E-state index contributed by atoms with van der Waals surface area (Å²) >= 11 is 5.95. The number of alkyl halides is 3. The van der Waals surface area contributed by atoms with E-state index < -0.39 is 53.2 Å². The maximum atomic E-state index is 14.4. The second-order valence-electron chi connectivity index (χ2n) is 8.44. The first-order chi connectivity index (χ1) is 18.5. The molecule has 1 aromatic heterocycles. The van der Waals surface area contributed by atoms with Gasteiger partial charge in [0.2, 0.25) is 11.8 Å². The van der Waals surface area contributed by atoms with Crippen LogP contribution in [0.15, 0.2) is 77.6 Å². The van der Waals surface area contributed by atoms with Gasteiger partial charge in [0.05, 0.1) is 12.1 Å². The van der Waals surface area contributed by atoms with E-state index in [9.17, 15) is 31.9 Å². The van der Waals surface area contributed by atoms with E-state index in [1.165, 1.54) is 24.3 Å². The van der Waals surface area contributed by atoms with Gasteiger partial charge in [-0.25, -0.2) is 13.9 Å². The predicted molar refractivity (Wildman–Crippen MR) is 134 cm³/mol. The number of amides is 2. The van der Waals surface area contributed by atoms with E-state index >= 15 is 0 Å². The number of hydrogen-bond donors (Lipinski definition) is 2. The zero-order valence-corrected chi connectivity index (χ0v) is 20.7. The highest BCUT2D eigenvalue weighted by molar-refractivity contribution is 6.30. The first kappa shape index (κ1) is 27.6. The summed E-state index contributed by atoms with van der Waals surface area (Å²) in [6, 6.07) is 14.4. The lowest BCUT2D eigenvalue weighted by atomic mass is 9.99. The van der Waals surface area contributed by atoms with Gasteiger partial charge in [-0.15, -0.1) is 5.10 Å². The van der Waals surface area contributed by atoms with Crippen molar-refractivity contribution >= 4 is 23.4 Å². The second-order valence-corrected chi connectivity index (χ2v) is 8.87. The summed E-state index contributed by atoms with van der Waals surface area (Å²) in [5.41, 5.74) is 3.42. The number of aromatic nitrogens is 3. The quantitative estimate of drug-likeness (QED) is 0.318. The molecule has 1 atom stereocenters. The molecule has 3 aromatic carbocycles. The Hall–Kier alpha value is -4.45. The van der Waals surface area contributed by atoms with Gasteiger partial charge < -0.3 is 11.1 Å². The Balaban J connectivity index is 1.68. The fourth-order valence-corrected chi connectivity index (χ4v) is 4.07. The van der Waals surface area contributed by atoms with Crippen LogP contribution in [-0.4, -0.2) is 26.2 Å². The number of primary amides is 1. The SMILES string of the molecule is NC(=O)C(NC(=O)Cn1nc(-c2ccc(Cl)cc2)n(Cc2ccccc2F)c1=O)c1ccccc1C(F)(F)F. The highest BCUT2D eigenvalue weighted by atomic mass is 35.5. The fraction of sp³-hybridized carbons (Fsp3) is 0.154. The van der Waals surface area contributed by atoms with Crippen molar-refractivity contribution in [3.8, 4) is 11.4 Å². The molecule has 0 spiro atoms. The average molecular weight is 562 g/mol. The first-order valence-corrected chi connectivity index (χ1v) is 11.8. The highest BCUT2D eigenvalue weighted by Gasteiger charge is 2.37. The molecule has 0 radical (unpaired) electrons. The summed E-state index contributed by atoms with van der Waals surface area (Å²) in [5, 5.41) is 6.77. The smallest absolute Gasteiger partial charge is 0.368 e. The molecule has 0 saturated heterocycles. The normalized spacial score (nSPS) is 12.2. The molecule has 8 nitrogen and oxygen atoms in total. The first-order valence-electron chi connectivity index (χ1n) is 11.4. The van der Waals surface area contributed by atoms with Gasteiger partial charge in [0.15, 0.2) is 5.82 Å². The Labute approximate surface area is 223 Å². The van der Waals surface area contributed by atoms with Gasteiger partial charge in [0.25, 0.3) is 0 Å². The van der Waals surface area contributed by atoms with Crippen molar-refractivity contribution in [3.05, 3.63) is 111 Å². The van der Waals surface area contributed by atoms with Crippen molar-refractivity contribution in [2.24, 2.45) is 5.73 Å². The second kappa shape index (κ2) is 11.1. The van der Waals surface area contributed by atoms with E-state index in [-0.39, 0.29) is 17.9 Å². The Morgan fingerprint density at radius 1 is 1.00 bits per heavy atom. The van der Waals surface area contributed by atoms with Gasteiger partial charge in [-0.2, -0.15) is 13.2 Å². The van der Waals surface area contributed by atoms with E-state index in [0.29, 0.717) is 10.6 Å². The van der Waals surface area contributed by atoms with Crippen LogP contribution < -0.4 is 16.7 Å². The molecule has 202 valence electrons. The predicted octanol–water partition coefficient (Wildman–Crippen LogP) is 3.91. The van der Waals surface area contributed by atoms with Crippen LogP contribution in [0.5, 0.6) is 0 Å². The molecular weight excluding hydrogens is 542 g/mol. The van der Waals surface area contributed by atoms with Gasteiger partial charge in [-0.3, -0.25) is 14.2 Å². The summed E-state index contributed by atoms with van der Waals surface area (Å²) in [5.74, 6) is -2.72. The Morgan fingerprint density at radius 3 is 2.28 bits per heavy atom. The largest absolute Gasteiger partial charge is 0.416 e. The molecule has 0 aliphatic carbocycles. The molecule has 39 heavy (non-hydrogen) atoms. The van der Waals surface area contributed by atoms with Crippen LogP contribution in [0, 0.1) is 5.82 Å². The standard InChI is InChI=1S/C26H20ClF4N5O3/c27-17-11-9-15(10-12-17)24-34-36(25(39)35(24)13-16-5-1-4-8-20(16)28)14-21(37)33-22(23(32)38)18-6-2-3-7-19(18)26(29,30)31/h1-12,22H,13-14H2,(H2,32,38)(H,33,37). The third-order valence-electron chi connectivity index (χ3n) is 5.77. The van der Waals surface area contributed by atoms with Gasteiger partial charge >= 0.3 is 11.9 Å². The van der Waals surface area contributed by atoms with Crippen LogP contribution in [0.4, 0.5) is 17.6 Å². The van der Waals surface area contributed by atoms with E-state index in [2.05, 4.69) is 10.4 Å². The maximum Gasteiger partial charge on any atom is 0.416 e. The molecule has 4 rings (SSSR count). The molecule has 13 heteroatoms. The van der Waals surface area contributed by atoms with Gasteiger partial charge in [-0.05, 0) is 42.0 Å². The van der Waals surface area contributed by atoms with E-state index in [1.807, 2.05) is 0 Å². The van der Waals surface area contributed by atoms with E-state index in [4.69, 9.17) is 17.3 Å². The van der Waals surface area contributed by atoms with Crippen molar-refractivity contribution < 1.29 is 27.2 Å². The number of hydrogen-bond acceptors (Lipinski definition) is 4.